The van der Waals surface area contributed by atoms with Crippen molar-refractivity contribution in [2.24, 2.45) is 5.92 Å². The largest absolute Gasteiger partial charge is 0.482 e. The maximum absolute atomic E-state index is 12.6. The Morgan fingerprint density at radius 1 is 1.30 bits per heavy atom. The highest BCUT2D eigenvalue weighted by atomic mass is 16.5. The highest BCUT2D eigenvalue weighted by Crippen LogP contribution is 2.30. The minimum absolute atomic E-state index is 0.00388. The average Bonchev–Trinajstić information content (AvgIpc) is 2.59. The minimum atomic E-state index is -0.224. The molecule has 3 rings (SSSR count). The Bertz CT molecular complexity index is 675. The van der Waals surface area contributed by atoms with Crippen LogP contribution in [-0.4, -0.2) is 42.2 Å². The number of amides is 2. The molecule has 6 heteroatoms. The van der Waals surface area contributed by atoms with Gasteiger partial charge in [0, 0.05) is 24.6 Å². The molecule has 120 valence electrons. The fraction of sp³-hybridized carbons (Fsp3) is 0.353. The van der Waals surface area contributed by atoms with Crippen LogP contribution in [0, 0.1) is 5.92 Å². The number of carbonyl (C=O) groups excluding carboxylic acids is 3. The van der Waals surface area contributed by atoms with Gasteiger partial charge in [-0.05, 0) is 37.1 Å². The lowest BCUT2D eigenvalue weighted by Crippen LogP contribution is -2.39. The molecule has 1 aromatic carbocycles. The lowest BCUT2D eigenvalue weighted by molar-refractivity contribution is -0.127. The number of fused-ring (bicyclic) bond motifs is 1. The standard InChI is InChI=1S/C17H18N2O4/c1-2-16(21)19-7-5-11(6-8-19)17(22)12-3-4-14-13(9-12)18-15(20)10-23-14/h2-4,9,11H,1,5-8,10H2,(H,18,20). The molecule has 23 heavy (non-hydrogen) atoms. The lowest BCUT2D eigenvalue weighted by atomic mass is 9.88. The molecule has 0 spiro atoms. The van der Waals surface area contributed by atoms with Crippen LogP contribution in [0.3, 0.4) is 0 Å². The predicted molar refractivity (Wildman–Crippen MR) is 84.4 cm³/mol. The third-order valence-electron chi connectivity index (χ3n) is 4.25. The zero-order valence-electron chi connectivity index (χ0n) is 12.7. The van der Waals surface area contributed by atoms with Gasteiger partial charge in [-0.3, -0.25) is 14.4 Å². The number of benzene rings is 1. The van der Waals surface area contributed by atoms with Gasteiger partial charge < -0.3 is 15.0 Å². The lowest BCUT2D eigenvalue weighted by Gasteiger charge is -2.30. The number of piperidine rings is 1. The number of ketones is 1. The van der Waals surface area contributed by atoms with Crippen molar-refractivity contribution in [3.05, 3.63) is 36.4 Å². The molecule has 1 saturated heterocycles. The van der Waals surface area contributed by atoms with Crippen molar-refractivity contribution in [2.75, 3.05) is 25.0 Å². The average molecular weight is 314 g/mol. The second-order valence-corrected chi connectivity index (χ2v) is 5.72. The van der Waals surface area contributed by atoms with Crippen LogP contribution in [0.2, 0.25) is 0 Å². The third-order valence-corrected chi connectivity index (χ3v) is 4.25. The summed E-state index contributed by atoms with van der Waals surface area (Å²) in [5, 5.41) is 2.71. The van der Waals surface area contributed by atoms with E-state index in [9.17, 15) is 14.4 Å². The van der Waals surface area contributed by atoms with E-state index < -0.39 is 0 Å². The van der Waals surface area contributed by atoms with Crippen molar-refractivity contribution < 1.29 is 19.1 Å². The van der Waals surface area contributed by atoms with Gasteiger partial charge in [0.1, 0.15) is 5.75 Å². The second kappa shape index (κ2) is 6.24. The van der Waals surface area contributed by atoms with Crippen LogP contribution in [0.5, 0.6) is 5.75 Å². The molecule has 0 atom stereocenters. The van der Waals surface area contributed by atoms with E-state index in [1.807, 2.05) is 0 Å². The van der Waals surface area contributed by atoms with E-state index in [1.165, 1.54) is 6.08 Å². The van der Waals surface area contributed by atoms with Gasteiger partial charge in [-0.15, -0.1) is 0 Å². The monoisotopic (exact) mass is 314 g/mol. The number of hydrogen-bond acceptors (Lipinski definition) is 4. The second-order valence-electron chi connectivity index (χ2n) is 5.72. The normalized spacial score (nSPS) is 17.7. The van der Waals surface area contributed by atoms with Crippen LogP contribution < -0.4 is 10.1 Å². The molecule has 6 nitrogen and oxygen atoms in total. The molecule has 0 saturated carbocycles. The van der Waals surface area contributed by atoms with E-state index in [2.05, 4.69) is 11.9 Å². The summed E-state index contributed by atoms with van der Waals surface area (Å²) >= 11 is 0. The van der Waals surface area contributed by atoms with E-state index in [-0.39, 0.29) is 30.1 Å². The van der Waals surface area contributed by atoms with E-state index >= 15 is 0 Å². The van der Waals surface area contributed by atoms with Crippen LogP contribution in [0.15, 0.2) is 30.9 Å². The summed E-state index contributed by atoms with van der Waals surface area (Å²) < 4.78 is 5.29. The smallest absolute Gasteiger partial charge is 0.262 e. The van der Waals surface area contributed by atoms with E-state index in [0.717, 1.165) is 0 Å². The number of hydrogen-bond donors (Lipinski definition) is 1. The fourth-order valence-electron chi connectivity index (χ4n) is 2.96. The first-order chi connectivity index (χ1) is 11.1. The predicted octanol–water partition coefficient (Wildman–Crippen LogP) is 1.62. The highest BCUT2D eigenvalue weighted by Gasteiger charge is 2.28. The van der Waals surface area contributed by atoms with Crippen LogP contribution in [0.1, 0.15) is 23.2 Å². The maximum atomic E-state index is 12.6. The zero-order chi connectivity index (χ0) is 16.4. The molecule has 2 aliphatic rings. The van der Waals surface area contributed by atoms with Crippen molar-refractivity contribution in [1.29, 1.82) is 0 Å². The van der Waals surface area contributed by atoms with Gasteiger partial charge in [0.2, 0.25) is 5.91 Å². The fourth-order valence-corrected chi connectivity index (χ4v) is 2.96. The van der Waals surface area contributed by atoms with Crippen LogP contribution in [0.25, 0.3) is 0 Å². The first-order valence-corrected chi connectivity index (χ1v) is 7.60. The van der Waals surface area contributed by atoms with Crippen molar-refractivity contribution in [3.63, 3.8) is 0 Å². The van der Waals surface area contributed by atoms with Crippen molar-refractivity contribution >= 4 is 23.3 Å². The summed E-state index contributed by atoms with van der Waals surface area (Å²) in [6, 6.07) is 5.09. The summed E-state index contributed by atoms with van der Waals surface area (Å²) in [6.45, 7) is 4.60. The quantitative estimate of drug-likeness (QED) is 0.679. The molecular weight excluding hydrogens is 296 g/mol. The number of nitrogens with zero attached hydrogens (tertiary/aromatic N) is 1. The Hall–Kier alpha value is -2.63. The Labute approximate surface area is 134 Å². The minimum Gasteiger partial charge on any atom is -0.482 e. The Morgan fingerprint density at radius 3 is 2.74 bits per heavy atom. The maximum Gasteiger partial charge on any atom is 0.262 e. The van der Waals surface area contributed by atoms with Gasteiger partial charge in [-0.1, -0.05) is 6.58 Å². The van der Waals surface area contributed by atoms with Crippen LogP contribution in [0.4, 0.5) is 5.69 Å². The number of ether oxygens (including phenoxy) is 1. The van der Waals surface area contributed by atoms with Crippen molar-refractivity contribution in [1.82, 2.24) is 4.90 Å². The van der Waals surface area contributed by atoms with E-state index in [1.54, 1.807) is 23.1 Å². The number of nitrogens with one attached hydrogen (secondary N) is 1. The van der Waals surface area contributed by atoms with Crippen LogP contribution in [-0.2, 0) is 9.59 Å². The van der Waals surface area contributed by atoms with Gasteiger partial charge >= 0.3 is 0 Å². The van der Waals surface area contributed by atoms with E-state index in [0.29, 0.717) is 42.9 Å². The highest BCUT2D eigenvalue weighted by molar-refractivity contribution is 6.01. The molecule has 0 bridgehead atoms. The number of likely N-dealkylation sites (tertiary alicyclic amines) is 1. The summed E-state index contributed by atoms with van der Waals surface area (Å²) in [7, 11) is 0. The molecule has 0 aromatic heterocycles. The summed E-state index contributed by atoms with van der Waals surface area (Å²) in [5.74, 6) is 0.191. The molecule has 2 amide bonds. The molecule has 0 unspecified atom stereocenters. The van der Waals surface area contributed by atoms with Gasteiger partial charge in [0.25, 0.3) is 5.91 Å². The van der Waals surface area contributed by atoms with Gasteiger partial charge in [-0.2, -0.15) is 0 Å². The topological polar surface area (TPSA) is 75.7 Å². The number of carbonyl (C=O) groups is 3. The number of anilines is 1. The third kappa shape index (κ3) is 3.11. The molecular formula is C17H18N2O4. The molecule has 2 heterocycles. The summed E-state index contributed by atoms with van der Waals surface area (Å²) in [4.78, 5) is 37.3. The first kappa shape index (κ1) is 15.3. The number of Topliss-reactive ketones (excluding diaryl/α,β-unsaturated/α-hetero) is 1. The first-order valence-electron chi connectivity index (χ1n) is 7.60. The van der Waals surface area contributed by atoms with Gasteiger partial charge in [-0.25, -0.2) is 0 Å². The number of rotatable bonds is 3. The molecule has 2 aliphatic heterocycles. The summed E-state index contributed by atoms with van der Waals surface area (Å²) in [5.41, 5.74) is 1.09. The Morgan fingerprint density at radius 2 is 2.04 bits per heavy atom. The Balaban J connectivity index is 1.69. The molecule has 1 N–H and O–H groups in total. The molecule has 1 fully saturated rings. The Kier molecular flexibility index (Phi) is 4.14. The van der Waals surface area contributed by atoms with Gasteiger partial charge in [0.05, 0.1) is 5.69 Å². The SMILES string of the molecule is C=CC(=O)N1CCC(C(=O)c2ccc3c(c2)NC(=O)CO3)CC1. The van der Waals surface area contributed by atoms with Crippen molar-refractivity contribution in [2.45, 2.75) is 12.8 Å². The molecule has 1 aromatic rings. The van der Waals surface area contributed by atoms with Gasteiger partial charge in [0.15, 0.2) is 12.4 Å². The molecule has 0 radical (unpaired) electrons. The van der Waals surface area contributed by atoms with Crippen LogP contribution >= 0.6 is 0 Å². The molecule has 0 aliphatic carbocycles. The van der Waals surface area contributed by atoms with E-state index in [4.69, 9.17) is 4.74 Å². The zero-order valence-corrected chi connectivity index (χ0v) is 12.7. The summed E-state index contributed by atoms with van der Waals surface area (Å²) in [6.07, 6.45) is 2.57. The van der Waals surface area contributed by atoms with Crippen molar-refractivity contribution in [3.8, 4) is 5.75 Å².